The van der Waals surface area contributed by atoms with Crippen molar-refractivity contribution in [1.82, 2.24) is 0 Å². The van der Waals surface area contributed by atoms with Crippen molar-refractivity contribution in [2.75, 3.05) is 5.88 Å². The van der Waals surface area contributed by atoms with Gasteiger partial charge in [0.05, 0.1) is 0 Å². The highest BCUT2D eigenvalue weighted by Gasteiger charge is 1.92. The number of hydrogen-bond acceptors (Lipinski definition) is 0. The molecular formula is C12H15Cl. The van der Waals surface area contributed by atoms with Gasteiger partial charge in [0.25, 0.3) is 0 Å². The number of alkyl halides is 1. The lowest BCUT2D eigenvalue weighted by Crippen LogP contribution is -1.85. The van der Waals surface area contributed by atoms with Gasteiger partial charge in [0.15, 0.2) is 0 Å². The fraction of sp³-hybridized carbons (Fsp3) is 0.333. The summed E-state index contributed by atoms with van der Waals surface area (Å²) in [5, 5.41) is 0. The first kappa shape index (κ1) is 10.3. The third kappa shape index (κ3) is 3.65. The molecule has 0 N–H and O–H groups in total. The fourth-order valence-corrected chi connectivity index (χ4v) is 1.36. The first-order valence-electron chi connectivity index (χ1n) is 4.60. The van der Waals surface area contributed by atoms with Crippen LogP contribution in [0.5, 0.6) is 0 Å². The zero-order valence-electron chi connectivity index (χ0n) is 7.96. The Kier molecular flexibility index (Phi) is 4.63. The molecule has 0 amide bonds. The molecule has 1 heteroatoms. The summed E-state index contributed by atoms with van der Waals surface area (Å²) in [7, 11) is 0. The average Bonchev–Trinajstić information content (AvgIpc) is 2.15. The van der Waals surface area contributed by atoms with Crippen LogP contribution >= 0.6 is 11.6 Å². The Morgan fingerprint density at radius 3 is 2.69 bits per heavy atom. The number of rotatable bonds is 4. The van der Waals surface area contributed by atoms with Gasteiger partial charge in [-0.3, -0.25) is 0 Å². The lowest BCUT2D eigenvalue weighted by Gasteiger charge is -2.00. The van der Waals surface area contributed by atoms with Crippen LogP contribution in [0.2, 0.25) is 0 Å². The molecule has 13 heavy (non-hydrogen) atoms. The lowest BCUT2D eigenvalue weighted by atomic mass is 10.1. The summed E-state index contributed by atoms with van der Waals surface area (Å²) >= 11 is 5.56. The highest BCUT2D eigenvalue weighted by atomic mass is 35.5. The zero-order valence-corrected chi connectivity index (χ0v) is 8.72. The van der Waals surface area contributed by atoms with Crippen molar-refractivity contribution in [2.24, 2.45) is 0 Å². The molecule has 0 radical (unpaired) electrons. The number of halogens is 1. The first-order valence-corrected chi connectivity index (χ1v) is 5.13. The summed E-state index contributed by atoms with van der Waals surface area (Å²) < 4.78 is 0. The van der Waals surface area contributed by atoms with Crippen LogP contribution in [0.1, 0.15) is 17.5 Å². The molecule has 1 rings (SSSR count). The predicted molar refractivity (Wildman–Crippen MR) is 59.4 cm³/mol. The Hall–Kier alpha value is -0.750. The predicted octanol–water partition coefficient (Wildman–Crippen LogP) is 3.72. The Bertz CT molecular complexity index is 276. The molecule has 0 aliphatic carbocycles. The molecule has 0 aliphatic rings. The molecule has 0 heterocycles. The largest absolute Gasteiger partial charge is 0.126 e. The van der Waals surface area contributed by atoms with Crippen LogP contribution in [0.25, 0.3) is 0 Å². The van der Waals surface area contributed by atoms with Crippen LogP contribution in [0.4, 0.5) is 0 Å². The number of benzene rings is 1. The number of hydrogen-bond donors (Lipinski definition) is 0. The maximum Gasteiger partial charge on any atom is 0.0258 e. The average molecular weight is 195 g/mol. The van der Waals surface area contributed by atoms with E-state index < -0.39 is 0 Å². The molecule has 0 aromatic heterocycles. The SMILES string of the molecule is Cc1ccccc1CC=CCCCl. The smallest absolute Gasteiger partial charge is 0.0258 e. The maximum atomic E-state index is 5.56. The first-order chi connectivity index (χ1) is 6.34. The summed E-state index contributed by atoms with van der Waals surface area (Å²) in [4.78, 5) is 0. The second kappa shape index (κ2) is 5.82. The van der Waals surface area contributed by atoms with E-state index in [1.807, 2.05) is 0 Å². The van der Waals surface area contributed by atoms with E-state index in [4.69, 9.17) is 11.6 Å². The van der Waals surface area contributed by atoms with Crippen LogP contribution in [-0.4, -0.2) is 5.88 Å². The summed E-state index contributed by atoms with van der Waals surface area (Å²) in [6.07, 6.45) is 6.31. The number of aryl methyl sites for hydroxylation is 1. The van der Waals surface area contributed by atoms with Gasteiger partial charge in [-0.1, -0.05) is 36.4 Å². The van der Waals surface area contributed by atoms with E-state index in [9.17, 15) is 0 Å². The molecule has 0 unspecified atom stereocenters. The van der Waals surface area contributed by atoms with Gasteiger partial charge in [-0.2, -0.15) is 0 Å². The Morgan fingerprint density at radius 1 is 1.23 bits per heavy atom. The van der Waals surface area contributed by atoms with Gasteiger partial charge in [0, 0.05) is 5.88 Å². The minimum atomic E-state index is 0.713. The summed E-state index contributed by atoms with van der Waals surface area (Å²) in [6.45, 7) is 2.14. The topological polar surface area (TPSA) is 0 Å². The lowest BCUT2D eigenvalue weighted by molar-refractivity contribution is 1.16. The van der Waals surface area contributed by atoms with Crippen molar-refractivity contribution < 1.29 is 0 Å². The van der Waals surface area contributed by atoms with Crippen molar-refractivity contribution in [2.45, 2.75) is 19.8 Å². The molecule has 0 spiro atoms. The molecule has 0 atom stereocenters. The second-order valence-corrected chi connectivity index (χ2v) is 3.46. The van der Waals surface area contributed by atoms with Crippen molar-refractivity contribution in [3.8, 4) is 0 Å². The highest BCUT2D eigenvalue weighted by molar-refractivity contribution is 6.17. The van der Waals surface area contributed by atoms with E-state index in [1.165, 1.54) is 11.1 Å². The van der Waals surface area contributed by atoms with Gasteiger partial charge in [-0.15, -0.1) is 11.6 Å². The highest BCUT2D eigenvalue weighted by Crippen LogP contribution is 2.08. The minimum Gasteiger partial charge on any atom is -0.126 e. The third-order valence-electron chi connectivity index (χ3n) is 2.04. The molecule has 1 aromatic carbocycles. The standard InChI is InChI=1S/C12H15Cl/c1-11-7-4-5-9-12(11)8-3-2-6-10-13/h2-5,7,9H,6,8,10H2,1H3. The van der Waals surface area contributed by atoms with Gasteiger partial charge in [-0.25, -0.2) is 0 Å². The fourth-order valence-electron chi connectivity index (χ4n) is 1.23. The Balaban J connectivity index is 2.49. The van der Waals surface area contributed by atoms with Crippen molar-refractivity contribution in [3.63, 3.8) is 0 Å². The summed E-state index contributed by atoms with van der Waals surface area (Å²) in [6, 6.07) is 8.46. The molecule has 0 saturated heterocycles. The van der Waals surface area contributed by atoms with E-state index >= 15 is 0 Å². The van der Waals surface area contributed by atoms with Crippen LogP contribution < -0.4 is 0 Å². The molecule has 0 fully saturated rings. The van der Waals surface area contributed by atoms with Crippen molar-refractivity contribution >= 4 is 11.6 Å². The van der Waals surface area contributed by atoms with E-state index in [1.54, 1.807) is 0 Å². The monoisotopic (exact) mass is 194 g/mol. The maximum absolute atomic E-state index is 5.56. The summed E-state index contributed by atoms with van der Waals surface area (Å²) in [5.74, 6) is 0.713. The minimum absolute atomic E-state index is 0.713. The normalized spacial score (nSPS) is 10.9. The molecule has 0 nitrogen and oxygen atoms in total. The quantitative estimate of drug-likeness (QED) is 0.506. The molecule has 1 aromatic rings. The van der Waals surface area contributed by atoms with Crippen LogP contribution in [0.15, 0.2) is 36.4 Å². The molecule has 0 saturated carbocycles. The number of allylic oxidation sites excluding steroid dienone is 2. The Morgan fingerprint density at radius 2 is 2.00 bits per heavy atom. The van der Waals surface area contributed by atoms with E-state index in [0.29, 0.717) is 5.88 Å². The van der Waals surface area contributed by atoms with Crippen LogP contribution in [-0.2, 0) is 6.42 Å². The molecule has 0 bridgehead atoms. The molecule has 0 aliphatic heterocycles. The van der Waals surface area contributed by atoms with E-state index in [2.05, 4.69) is 43.3 Å². The molecule has 70 valence electrons. The van der Waals surface area contributed by atoms with E-state index in [0.717, 1.165) is 12.8 Å². The zero-order chi connectivity index (χ0) is 9.52. The van der Waals surface area contributed by atoms with Crippen LogP contribution in [0.3, 0.4) is 0 Å². The van der Waals surface area contributed by atoms with Gasteiger partial charge in [-0.05, 0) is 30.9 Å². The third-order valence-corrected chi connectivity index (χ3v) is 2.26. The Labute approximate surface area is 85.2 Å². The van der Waals surface area contributed by atoms with Crippen LogP contribution in [0, 0.1) is 6.92 Å². The second-order valence-electron chi connectivity index (χ2n) is 3.08. The van der Waals surface area contributed by atoms with Crippen molar-refractivity contribution in [1.29, 1.82) is 0 Å². The van der Waals surface area contributed by atoms with Gasteiger partial charge in [0.1, 0.15) is 0 Å². The molecular weight excluding hydrogens is 180 g/mol. The van der Waals surface area contributed by atoms with Gasteiger partial charge in [0.2, 0.25) is 0 Å². The van der Waals surface area contributed by atoms with E-state index in [-0.39, 0.29) is 0 Å². The van der Waals surface area contributed by atoms with Crippen molar-refractivity contribution in [3.05, 3.63) is 47.5 Å². The van der Waals surface area contributed by atoms with Gasteiger partial charge >= 0.3 is 0 Å². The summed E-state index contributed by atoms with van der Waals surface area (Å²) in [5.41, 5.74) is 2.76. The van der Waals surface area contributed by atoms with Gasteiger partial charge < -0.3 is 0 Å².